The van der Waals surface area contributed by atoms with Gasteiger partial charge in [-0.15, -0.1) is 18.6 Å². The van der Waals surface area contributed by atoms with E-state index in [0.717, 1.165) is 5.92 Å². The molecule has 3 heteroatoms. The fourth-order valence-corrected chi connectivity index (χ4v) is 1.66. The molecule has 0 aromatic rings. The quantitative estimate of drug-likeness (QED) is 0.311. The molecule has 0 saturated heterocycles. The molecule has 0 nitrogen and oxygen atoms in total. The molecule has 1 unspecified atom stereocenters. The Morgan fingerprint density at radius 3 is 2.75 bits per heavy atom. The molecule has 64 valence electrons. The molecule has 2 aliphatic rings. The molecule has 2 rings (SSSR count). The van der Waals surface area contributed by atoms with Gasteiger partial charge in [0.05, 0.1) is 0 Å². The van der Waals surface area contributed by atoms with Crippen molar-refractivity contribution in [1.29, 1.82) is 0 Å². The van der Waals surface area contributed by atoms with Gasteiger partial charge in [-0.05, 0) is 12.3 Å². The van der Waals surface area contributed by atoms with E-state index in [1.54, 1.807) is 5.57 Å². The molecule has 1 saturated carbocycles. The maximum absolute atomic E-state index is 2.37. The van der Waals surface area contributed by atoms with E-state index in [4.69, 9.17) is 0 Å². The summed E-state index contributed by atoms with van der Waals surface area (Å²) in [4.78, 5) is 0. The molecular formula is C9H11Cl2Zn-. The van der Waals surface area contributed by atoms with Crippen molar-refractivity contribution >= 4 is 0 Å². The van der Waals surface area contributed by atoms with Crippen LogP contribution in [-0.4, -0.2) is 0 Å². The topological polar surface area (TPSA) is 0 Å². The van der Waals surface area contributed by atoms with Crippen LogP contribution in [0.1, 0.15) is 19.3 Å². The van der Waals surface area contributed by atoms with E-state index in [0.29, 0.717) is 0 Å². The zero-order valence-corrected chi connectivity index (χ0v) is 11.5. The van der Waals surface area contributed by atoms with Crippen molar-refractivity contribution in [2.75, 3.05) is 0 Å². The Labute approximate surface area is 99.5 Å². The van der Waals surface area contributed by atoms with Gasteiger partial charge in [0.25, 0.3) is 0 Å². The molecule has 0 aromatic carbocycles. The normalized spacial score (nSPS) is 23.3. The van der Waals surface area contributed by atoms with E-state index < -0.39 is 0 Å². The van der Waals surface area contributed by atoms with E-state index >= 15 is 0 Å². The van der Waals surface area contributed by atoms with Crippen molar-refractivity contribution in [3.8, 4) is 0 Å². The van der Waals surface area contributed by atoms with Crippen LogP contribution in [0, 0.1) is 12.3 Å². The molecule has 12 heavy (non-hydrogen) atoms. The van der Waals surface area contributed by atoms with Crippen LogP contribution in [0.4, 0.5) is 0 Å². The fourth-order valence-electron chi connectivity index (χ4n) is 1.66. The maximum atomic E-state index is 2.37. The smallest absolute Gasteiger partial charge is 1.00 e. The van der Waals surface area contributed by atoms with Gasteiger partial charge in [-0.1, -0.05) is 6.42 Å². The summed E-state index contributed by atoms with van der Waals surface area (Å²) in [6.07, 6.45) is 13.0. The minimum absolute atomic E-state index is 0. The van der Waals surface area contributed by atoms with E-state index in [1.807, 2.05) is 0 Å². The van der Waals surface area contributed by atoms with Crippen molar-refractivity contribution in [1.82, 2.24) is 0 Å². The Morgan fingerprint density at radius 1 is 1.33 bits per heavy atom. The molecule has 0 aromatic heterocycles. The zero-order chi connectivity index (χ0) is 6.10. The number of hydrogen-bond acceptors (Lipinski definition) is 0. The first-order valence-electron chi connectivity index (χ1n) is 3.67. The van der Waals surface area contributed by atoms with Crippen LogP contribution in [0.3, 0.4) is 0 Å². The van der Waals surface area contributed by atoms with Gasteiger partial charge in [-0.2, -0.15) is 0 Å². The molecule has 0 amide bonds. The Bertz CT molecular complexity index is 175. The average Bonchev–Trinajstić information content (AvgIpc) is 2.33. The zero-order valence-electron chi connectivity index (χ0n) is 6.97. The number of fused-ring (bicyclic) bond motifs is 1. The summed E-state index contributed by atoms with van der Waals surface area (Å²) in [7, 11) is 0. The van der Waals surface area contributed by atoms with Crippen molar-refractivity contribution in [2.45, 2.75) is 19.3 Å². The third-order valence-corrected chi connectivity index (χ3v) is 2.21. The number of rotatable bonds is 0. The third-order valence-electron chi connectivity index (χ3n) is 2.21. The van der Waals surface area contributed by atoms with Crippen molar-refractivity contribution in [3.63, 3.8) is 0 Å². The Balaban J connectivity index is 0. The number of halogens is 2. The largest absolute Gasteiger partial charge is 2.00 e. The second-order valence-corrected chi connectivity index (χ2v) is 2.81. The van der Waals surface area contributed by atoms with Gasteiger partial charge in [0.15, 0.2) is 0 Å². The van der Waals surface area contributed by atoms with Gasteiger partial charge in [0.1, 0.15) is 0 Å². The molecule has 0 N–H and O–H groups in total. The summed E-state index contributed by atoms with van der Waals surface area (Å²) in [6, 6.07) is 0. The minimum atomic E-state index is 0. The summed E-state index contributed by atoms with van der Waals surface area (Å²) in [5.74, 6) is 0.884. The Hall–Kier alpha value is 0.553. The minimum Gasteiger partial charge on any atom is -1.00 e. The summed E-state index contributed by atoms with van der Waals surface area (Å²) in [6.45, 7) is 0. The van der Waals surface area contributed by atoms with Crippen LogP contribution >= 0.6 is 0 Å². The standard InChI is InChI=1S/C9H11.2ClH.Zn/c1-2-5-9-7-3-6-8(9)4-1;;;/h1-2,4,6,9H,3,5,7H2;2*1H;/q-1;;;+2/p-2. The number of allylic oxidation sites excluding steroid dienone is 4. The first kappa shape index (κ1) is 15.0. The molecule has 0 bridgehead atoms. The van der Waals surface area contributed by atoms with Crippen LogP contribution in [0.15, 0.2) is 23.8 Å². The van der Waals surface area contributed by atoms with Crippen molar-refractivity contribution in [3.05, 3.63) is 30.2 Å². The summed E-state index contributed by atoms with van der Waals surface area (Å²) in [5.41, 5.74) is 1.58. The van der Waals surface area contributed by atoms with Gasteiger partial charge in [0, 0.05) is 0 Å². The Morgan fingerprint density at radius 2 is 2.08 bits per heavy atom. The van der Waals surface area contributed by atoms with E-state index in [9.17, 15) is 0 Å². The van der Waals surface area contributed by atoms with Crippen LogP contribution in [0.25, 0.3) is 0 Å². The van der Waals surface area contributed by atoms with Crippen LogP contribution in [0.5, 0.6) is 0 Å². The third kappa shape index (κ3) is 3.13. The van der Waals surface area contributed by atoms with E-state index in [-0.39, 0.29) is 44.3 Å². The fraction of sp³-hybridized carbons (Fsp3) is 0.444. The Kier molecular flexibility index (Phi) is 8.78. The van der Waals surface area contributed by atoms with Crippen LogP contribution in [-0.2, 0) is 19.5 Å². The second-order valence-electron chi connectivity index (χ2n) is 2.81. The molecule has 0 heterocycles. The van der Waals surface area contributed by atoms with E-state index in [2.05, 4.69) is 24.6 Å². The second kappa shape index (κ2) is 7.00. The molecule has 1 fully saturated rings. The monoisotopic (exact) mass is 253 g/mol. The van der Waals surface area contributed by atoms with Crippen LogP contribution in [0.2, 0.25) is 0 Å². The number of hydrogen-bond donors (Lipinski definition) is 0. The molecule has 0 aliphatic heterocycles. The average molecular weight is 255 g/mol. The predicted octanol–water partition coefficient (Wildman–Crippen LogP) is -3.51. The molecule has 0 spiro atoms. The first-order valence-corrected chi connectivity index (χ1v) is 3.67. The van der Waals surface area contributed by atoms with Gasteiger partial charge >= 0.3 is 19.5 Å². The summed E-state index contributed by atoms with van der Waals surface area (Å²) < 4.78 is 0. The van der Waals surface area contributed by atoms with E-state index in [1.165, 1.54) is 19.3 Å². The molecular weight excluding hydrogens is 244 g/mol. The van der Waals surface area contributed by atoms with Gasteiger partial charge in [-0.3, -0.25) is 0 Å². The predicted molar refractivity (Wildman–Crippen MR) is 38.9 cm³/mol. The van der Waals surface area contributed by atoms with Gasteiger partial charge in [0.2, 0.25) is 0 Å². The molecule has 1 atom stereocenters. The van der Waals surface area contributed by atoms with Gasteiger partial charge < -0.3 is 24.8 Å². The van der Waals surface area contributed by atoms with Crippen molar-refractivity contribution < 1.29 is 44.3 Å². The van der Waals surface area contributed by atoms with Crippen molar-refractivity contribution in [2.24, 2.45) is 5.92 Å². The van der Waals surface area contributed by atoms with Gasteiger partial charge in [-0.25, -0.2) is 18.1 Å². The SMILES string of the molecule is C1=CCC2CC[CH-]C2=C1.[Cl-].[Cl-].[Zn+2]. The maximum Gasteiger partial charge on any atom is 2.00 e. The van der Waals surface area contributed by atoms with Crippen LogP contribution < -0.4 is 24.8 Å². The first-order chi connectivity index (χ1) is 4.47. The molecule has 2 aliphatic carbocycles. The summed E-state index contributed by atoms with van der Waals surface area (Å²) in [5, 5.41) is 0. The summed E-state index contributed by atoms with van der Waals surface area (Å²) >= 11 is 0. The molecule has 0 radical (unpaired) electrons.